The summed E-state index contributed by atoms with van der Waals surface area (Å²) in [5, 5.41) is 2.67. The number of amides is 3. The topological polar surface area (TPSA) is 84.9 Å². The van der Waals surface area contributed by atoms with E-state index in [-0.39, 0.29) is 19.1 Å². The monoisotopic (exact) mass is 392 g/mol. The van der Waals surface area contributed by atoms with Crippen LogP contribution in [0.25, 0.3) is 0 Å². The summed E-state index contributed by atoms with van der Waals surface area (Å²) in [5.74, 6) is 0.238. The zero-order valence-electron chi connectivity index (χ0n) is 13.6. The number of hydrogen-bond donors (Lipinski definition) is 1. The summed E-state index contributed by atoms with van der Waals surface area (Å²) in [6.45, 7) is 1.36. The summed E-state index contributed by atoms with van der Waals surface area (Å²) >= 11 is 6.94. The van der Waals surface area contributed by atoms with Crippen molar-refractivity contribution < 1.29 is 23.9 Å². The van der Waals surface area contributed by atoms with E-state index in [4.69, 9.17) is 21.1 Å². The number of rotatable bonds is 4. The Hall–Kier alpha value is -2.58. The lowest BCUT2D eigenvalue weighted by molar-refractivity contribution is -0.130. The summed E-state index contributed by atoms with van der Waals surface area (Å²) in [7, 11) is 0. The highest BCUT2D eigenvalue weighted by Crippen LogP contribution is 2.38. The highest BCUT2D eigenvalue weighted by atomic mass is 35.5. The van der Waals surface area contributed by atoms with Gasteiger partial charge in [0.1, 0.15) is 5.54 Å². The third-order valence-corrected chi connectivity index (χ3v) is 5.65. The van der Waals surface area contributed by atoms with Crippen molar-refractivity contribution in [2.45, 2.75) is 12.5 Å². The number of nitrogens with one attached hydrogen (secondary N) is 1. The smallest absolute Gasteiger partial charge is 0.325 e. The van der Waals surface area contributed by atoms with Crippen LogP contribution in [0.5, 0.6) is 11.5 Å². The van der Waals surface area contributed by atoms with Gasteiger partial charge in [0.2, 0.25) is 6.79 Å². The van der Waals surface area contributed by atoms with Gasteiger partial charge in [-0.2, -0.15) is 0 Å². The normalized spacial score (nSPS) is 21.2. The molecule has 2 aliphatic heterocycles. The van der Waals surface area contributed by atoms with Gasteiger partial charge in [0, 0.05) is 0 Å². The van der Waals surface area contributed by atoms with Gasteiger partial charge in [-0.25, -0.2) is 4.79 Å². The van der Waals surface area contributed by atoms with Gasteiger partial charge in [-0.1, -0.05) is 17.7 Å². The average Bonchev–Trinajstić information content (AvgIpc) is 3.30. The lowest BCUT2D eigenvalue weighted by Crippen LogP contribution is -2.41. The van der Waals surface area contributed by atoms with Crippen LogP contribution in [0.1, 0.15) is 22.2 Å². The number of fused-ring (bicyclic) bond motifs is 1. The fraction of sp³-hybridized carbons (Fsp3) is 0.235. The lowest BCUT2D eigenvalue weighted by atomic mass is 9.91. The Morgan fingerprint density at radius 2 is 2.04 bits per heavy atom. The number of carbonyl (C=O) groups is 3. The number of imide groups is 1. The molecule has 1 aromatic heterocycles. The Morgan fingerprint density at radius 1 is 1.27 bits per heavy atom. The molecule has 0 spiro atoms. The Morgan fingerprint density at radius 3 is 2.77 bits per heavy atom. The van der Waals surface area contributed by atoms with Crippen LogP contribution < -0.4 is 14.8 Å². The minimum Gasteiger partial charge on any atom is -0.454 e. The van der Waals surface area contributed by atoms with Crippen LogP contribution in [0.4, 0.5) is 4.79 Å². The van der Waals surface area contributed by atoms with Gasteiger partial charge in [0.15, 0.2) is 17.3 Å². The Balaban J connectivity index is 1.59. The average molecular weight is 393 g/mol. The van der Waals surface area contributed by atoms with Crippen LogP contribution in [-0.4, -0.2) is 36.0 Å². The number of Topliss-reactive ketones (excluding diaryl/α,β-unsaturated/α-hetero) is 1. The molecule has 3 amide bonds. The molecular formula is C17H13ClN2O5S. The molecule has 7 nitrogen and oxygen atoms in total. The Bertz CT molecular complexity index is 943. The van der Waals surface area contributed by atoms with E-state index in [1.807, 2.05) is 0 Å². The molecule has 0 radical (unpaired) electrons. The molecule has 134 valence electrons. The zero-order valence-corrected chi connectivity index (χ0v) is 15.1. The van der Waals surface area contributed by atoms with E-state index < -0.39 is 17.5 Å². The van der Waals surface area contributed by atoms with Crippen molar-refractivity contribution in [3.63, 3.8) is 0 Å². The molecular weight excluding hydrogens is 380 g/mol. The van der Waals surface area contributed by atoms with Crippen molar-refractivity contribution in [2.24, 2.45) is 0 Å². The van der Waals surface area contributed by atoms with Gasteiger partial charge >= 0.3 is 6.03 Å². The minimum atomic E-state index is -1.29. The summed E-state index contributed by atoms with van der Waals surface area (Å²) in [6, 6.07) is 7.59. The lowest BCUT2D eigenvalue weighted by Gasteiger charge is -2.22. The molecule has 9 heteroatoms. The highest BCUT2D eigenvalue weighted by molar-refractivity contribution is 7.18. The fourth-order valence-corrected chi connectivity index (χ4v) is 3.90. The van der Waals surface area contributed by atoms with E-state index in [2.05, 4.69) is 5.32 Å². The van der Waals surface area contributed by atoms with Crippen LogP contribution in [0.15, 0.2) is 30.3 Å². The van der Waals surface area contributed by atoms with Gasteiger partial charge in [-0.05, 0) is 36.8 Å². The van der Waals surface area contributed by atoms with Gasteiger partial charge < -0.3 is 14.8 Å². The molecule has 0 unspecified atom stereocenters. The predicted octanol–water partition coefficient (Wildman–Crippen LogP) is 2.78. The molecule has 1 N–H and O–H groups in total. The molecule has 4 rings (SSSR count). The number of carbonyl (C=O) groups excluding carboxylic acids is 3. The largest absolute Gasteiger partial charge is 0.454 e. The molecule has 2 aromatic rings. The van der Waals surface area contributed by atoms with E-state index in [9.17, 15) is 14.4 Å². The van der Waals surface area contributed by atoms with Crippen LogP contribution in [0.3, 0.4) is 0 Å². The second kappa shape index (κ2) is 6.00. The summed E-state index contributed by atoms with van der Waals surface area (Å²) < 4.78 is 11.1. The molecule has 1 fully saturated rings. The van der Waals surface area contributed by atoms with Gasteiger partial charge in [-0.3, -0.25) is 14.5 Å². The Kier molecular flexibility index (Phi) is 3.89. The standard InChI is InChI=1S/C17H13ClN2O5S/c1-17(9-2-3-11-12(6-9)25-8-24-11)15(22)20(16(23)19-17)7-10(21)13-4-5-14(18)26-13/h2-6H,7-8H2,1H3,(H,19,23)/t17-/m1/s1. The second-order valence-electron chi connectivity index (χ2n) is 6.04. The molecule has 0 aliphatic carbocycles. The van der Waals surface area contributed by atoms with Crippen molar-refractivity contribution in [3.8, 4) is 11.5 Å². The maximum Gasteiger partial charge on any atom is 0.325 e. The maximum atomic E-state index is 12.9. The summed E-state index contributed by atoms with van der Waals surface area (Å²) in [5.41, 5.74) is -0.736. The summed E-state index contributed by atoms with van der Waals surface area (Å²) in [6.07, 6.45) is 0. The third kappa shape index (κ3) is 2.62. The van der Waals surface area contributed by atoms with Crippen molar-refractivity contribution in [3.05, 3.63) is 45.1 Å². The summed E-state index contributed by atoms with van der Waals surface area (Å²) in [4.78, 5) is 38.9. The van der Waals surface area contributed by atoms with Gasteiger partial charge in [0.25, 0.3) is 5.91 Å². The first kappa shape index (κ1) is 16.9. The Labute approximate surface area is 157 Å². The number of ketones is 1. The van der Waals surface area contributed by atoms with Gasteiger partial charge in [-0.15, -0.1) is 11.3 Å². The molecule has 1 atom stereocenters. The van der Waals surface area contributed by atoms with E-state index >= 15 is 0 Å². The first-order valence-electron chi connectivity index (χ1n) is 7.71. The predicted molar refractivity (Wildman–Crippen MR) is 93.8 cm³/mol. The molecule has 26 heavy (non-hydrogen) atoms. The zero-order chi connectivity index (χ0) is 18.5. The quantitative estimate of drug-likeness (QED) is 0.638. The third-order valence-electron chi connectivity index (χ3n) is 4.37. The number of ether oxygens (including phenoxy) is 2. The maximum absolute atomic E-state index is 12.9. The first-order valence-corrected chi connectivity index (χ1v) is 8.91. The molecule has 0 bridgehead atoms. The van der Waals surface area contributed by atoms with Gasteiger partial charge in [0.05, 0.1) is 15.8 Å². The molecule has 3 heterocycles. The molecule has 0 saturated carbocycles. The number of thiophene rings is 1. The second-order valence-corrected chi connectivity index (χ2v) is 7.76. The van der Waals surface area contributed by atoms with Crippen LogP contribution >= 0.6 is 22.9 Å². The molecule has 2 aliphatic rings. The van der Waals surface area contributed by atoms with Crippen molar-refractivity contribution in [1.29, 1.82) is 0 Å². The number of nitrogens with zero attached hydrogens (tertiary/aromatic N) is 1. The highest BCUT2D eigenvalue weighted by Gasteiger charge is 2.50. The molecule has 1 aromatic carbocycles. The van der Waals surface area contributed by atoms with Crippen molar-refractivity contribution >= 4 is 40.7 Å². The van der Waals surface area contributed by atoms with Crippen molar-refractivity contribution in [1.82, 2.24) is 10.2 Å². The molecule has 1 saturated heterocycles. The number of benzene rings is 1. The van der Waals surface area contributed by atoms with E-state index in [0.29, 0.717) is 26.3 Å². The minimum absolute atomic E-state index is 0.111. The number of hydrogen-bond acceptors (Lipinski definition) is 6. The first-order chi connectivity index (χ1) is 12.4. The number of urea groups is 1. The SMILES string of the molecule is C[C@]1(c2ccc3c(c2)OCO3)NC(=O)N(CC(=O)c2ccc(Cl)s2)C1=O. The van der Waals surface area contributed by atoms with E-state index in [0.717, 1.165) is 16.2 Å². The van der Waals surface area contributed by atoms with E-state index in [1.54, 1.807) is 37.3 Å². The van der Waals surface area contributed by atoms with Crippen molar-refractivity contribution in [2.75, 3.05) is 13.3 Å². The van der Waals surface area contributed by atoms with Crippen LogP contribution in [0.2, 0.25) is 4.34 Å². The van der Waals surface area contributed by atoms with E-state index in [1.165, 1.54) is 0 Å². The fourth-order valence-electron chi connectivity index (χ4n) is 2.93. The van der Waals surface area contributed by atoms with Crippen LogP contribution in [-0.2, 0) is 10.3 Å². The van der Waals surface area contributed by atoms with Crippen LogP contribution in [0, 0.1) is 0 Å². The number of halogens is 1.